The molecule has 1 aromatic carbocycles. The molecule has 0 saturated heterocycles. The average Bonchev–Trinajstić information content (AvgIpc) is 2.55. The van der Waals surface area contributed by atoms with E-state index in [1.165, 1.54) is 19.3 Å². The van der Waals surface area contributed by atoms with Crippen LogP contribution in [-0.4, -0.2) is 32.1 Å². The Bertz CT molecular complexity index is 492. The van der Waals surface area contributed by atoms with Gasteiger partial charge in [-0.05, 0) is 42.4 Å². The number of thiocarbonyl (C=S) groups is 1. The van der Waals surface area contributed by atoms with Crippen LogP contribution in [0.1, 0.15) is 38.2 Å². The molecule has 0 spiro atoms. The second-order valence-corrected chi connectivity index (χ2v) is 5.18. The molecule has 0 radical (unpaired) electrons. The monoisotopic (exact) mass is 323 g/mol. The van der Waals surface area contributed by atoms with Gasteiger partial charge in [0.25, 0.3) is 0 Å². The second-order valence-electron chi connectivity index (χ2n) is 4.77. The third-order valence-corrected chi connectivity index (χ3v) is 3.35. The van der Waals surface area contributed by atoms with Gasteiger partial charge in [0.15, 0.2) is 16.6 Å². The number of nitrogens with zero attached hydrogens (tertiary/aromatic N) is 1. The zero-order valence-electron chi connectivity index (χ0n) is 13.5. The molecule has 0 saturated carbocycles. The minimum atomic E-state index is 0.468. The minimum absolute atomic E-state index is 0.468. The fourth-order valence-electron chi connectivity index (χ4n) is 1.82. The Hall–Kier alpha value is -1.82. The number of unbranched alkanes of at least 4 members (excludes halogenated alkanes) is 3. The number of methoxy groups -OCH3 is 1. The fraction of sp³-hybridized carbons (Fsp3) is 0.500. The van der Waals surface area contributed by atoms with Crippen LogP contribution in [-0.2, 0) is 0 Å². The summed E-state index contributed by atoms with van der Waals surface area (Å²) >= 11 is 4.94. The zero-order chi connectivity index (χ0) is 16.2. The van der Waals surface area contributed by atoms with Crippen molar-refractivity contribution in [3.63, 3.8) is 0 Å². The summed E-state index contributed by atoms with van der Waals surface area (Å²) in [6, 6.07) is 5.71. The Balaban J connectivity index is 2.56. The quantitative estimate of drug-likeness (QED) is 0.316. The van der Waals surface area contributed by atoms with Crippen molar-refractivity contribution in [2.45, 2.75) is 32.6 Å². The summed E-state index contributed by atoms with van der Waals surface area (Å²) in [5.41, 5.74) is 3.61. The highest BCUT2D eigenvalue weighted by molar-refractivity contribution is 7.80. The Labute approximate surface area is 138 Å². The smallest absolute Gasteiger partial charge is 0.186 e. The average molecular weight is 323 g/mol. The highest BCUT2D eigenvalue weighted by Crippen LogP contribution is 2.27. The molecular formula is C16H25N3O2S. The first kappa shape index (κ1) is 18.2. The highest BCUT2D eigenvalue weighted by atomic mass is 32.1. The van der Waals surface area contributed by atoms with E-state index in [0.29, 0.717) is 17.5 Å². The van der Waals surface area contributed by atoms with Crippen molar-refractivity contribution in [1.29, 1.82) is 0 Å². The number of hydrogen-bond acceptors (Lipinski definition) is 4. The number of nitrogens with one attached hydrogen (secondary N) is 2. The maximum Gasteiger partial charge on any atom is 0.186 e. The lowest BCUT2D eigenvalue weighted by molar-refractivity contribution is 0.285. The molecule has 0 amide bonds. The molecular weight excluding hydrogens is 298 g/mol. The van der Waals surface area contributed by atoms with E-state index in [0.717, 1.165) is 17.7 Å². The molecule has 2 N–H and O–H groups in total. The molecule has 0 aliphatic heterocycles. The van der Waals surface area contributed by atoms with Crippen molar-refractivity contribution in [1.82, 2.24) is 10.7 Å². The molecule has 0 aromatic heterocycles. The van der Waals surface area contributed by atoms with Gasteiger partial charge in [0.1, 0.15) is 0 Å². The Morgan fingerprint density at radius 2 is 2.09 bits per heavy atom. The first-order valence-corrected chi connectivity index (χ1v) is 7.93. The molecule has 0 bridgehead atoms. The van der Waals surface area contributed by atoms with Crippen LogP contribution in [0.4, 0.5) is 0 Å². The van der Waals surface area contributed by atoms with Crippen LogP contribution in [0.2, 0.25) is 0 Å². The van der Waals surface area contributed by atoms with Crippen LogP contribution < -0.4 is 20.2 Å². The Morgan fingerprint density at radius 1 is 1.27 bits per heavy atom. The van der Waals surface area contributed by atoms with Gasteiger partial charge in [-0.25, -0.2) is 0 Å². The molecule has 0 fully saturated rings. The van der Waals surface area contributed by atoms with E-state index in [2.05, 4.69) is 22.8 Å². The summed E-state index contributed by atoms with van der Waals surface area (Å²) in [4.78, 5) is 0. The Morgan fingerprint density at radius 3 is 2.77 bits per heavy atom. The number of hydrogen-bond donors (Lipinski definition) is 2. The molecule has 6 heteroatoms. The van der Waals surface area contributed by atoms with Crippen LogP contribution >= 0.6 is 12.2 Å². The maximum absolute atomic E-state index is 5.77. The van der Waals surface area contributed by atoms with E-state index in [1.54, 1.807) is 20.4 Å². The lowest BCUT2D eigenvalue weighted by Crippen LogP contribution is -2.28. The molecule has 1 aromatic rings. The second kappa shape index (κ2) is 10.8. The van der Waals surface area contributed by atoms with Crippen molar-refractivity contribution in [2.24, 2.45) is 5.10 Å². The number of ether oxygens (including phenoxy) is 2. The van der Waals surface area contributed by atoms with Crippen molar-refractivity contribution < 1.29 is 9.47 Å². The standard InChI is InChI=1S/C16H25N3O2S/c1-4-5-6-7-10-21-14-9-8-13(11-15(14)20-3)12-18-19-16(22)17-2/h8-9,11-12H,4-7,10H2,1-3H3,(H2,17,19,22)/b18-12-. The van der Waals surface area contributed by atoms with Gasteiger partial charge in [-0.1, -0.05) is 26.2 Å². The molecule has 22 heavy (non-hydrogen) atoms. The molecule has 5 nitrogen and oxygen atoms in total. The molecule has 0 heterocycles. The van der Waals surface area contributed by atoms with Crippen LogP contribution in [0.5, 0.6) is 11.5 Å². The first-order chi connectivity index (χ1) is 10.7. The van der Waals surface area contributed by atoms with E-state index in [4.69, 9.17) is 21.7 Å². The van der Waals surface area contributed by atoms with Gasteiger partial charge in [-0.2, -0.15) is 5.10 Å². The normalized spacial score (nSPS) is 10.5. The lowest BCUT2D eigenvalue weighted by Gasteiger charge is -2.11. The summed E-state index contributed by atoms with van der Waals surface area (Å²) in [6.07, 6.45) is 6.41. The van der Waals surface area contributed by atoms with Gasteiger partial charge < -0.3 is 14.8 Å². The maximum atomic E-state index is 5.77. The summed E-state index contributed by atoms with van der Waals surface area (Å²) in [6.45, 7) is 2.91. The van der Waals surface area contributed by atoms with Gasteiger partial charge in [-0.15, -0.1) is 0 Å². The molecule has 1 rings (SSSR count). The van der Waals surface area contributed by atoms with E-state index in [1.807, 2.05) is 18.2 Å². The van der Waals surface area contributed by atoms with Gasteiger partial charge in [0.05, 0.1) is 19.9 Å². The zero-order valence-corrected chi connectivity index (χ0v) is 14.3. The third-order valence-electron chi connectivity index (χ3n) is 3.05. The van der Waals surface area contributed by atoms with Crippen molar-refractivity contribution in [2.75, 3.05) is 20.8 Å². The van der Waals surface area contributed by atoms with E-state index in [-0.39, 0.29) is 0 Å². The highest BCUT2D eigenvalue weighted by Gasteiger charge is 2.05. The van der Waals surface area contributed by atoms with Gasteiger partial charge in [-0.3, -0.25) is 5.43 Å². The van der Waals surface area contributed by atoms with Crippen LogP contribution in [0.25, 0.3) is 0 Å². The predicted octanol–water partition coefficient (Wildman–Crippen LogP) is 3.08. The van der Waals surface area contributed by atoms with Crippen LogP contribution in [0, 0.1) is 0 Å². The summed E-state index contributed by atoms with van der Waals surface area (Å²) in [5.74, 6) is 1.46. The van der Waals surface area contributed by atoms with Gasteiger partial charge in [0.2, 0.25) is 0 Å². The van der Waals surface area contributed by atoms with Crippen molar-refractivity contribution in [3.8, 4) is 11.5 Å². The summed E-state index contributed by atoms with van der Waals surface area (Å²) in [7, 11) is 3.37. The predicted molar refractivity (Wildman–Crippen MR) is 95.0 cm³/mol. The summed E-state index contributed by atoms with van der Waals surface area (Å²) < 4.78 is 11.1. The SMILES string of the molecule is CCCCCCOc1ccc(/C=N\NC(=S)NC)cc1OC. The molecule has 122 valence electrons. The van der Waals surface area contributed by atoms with Gasteiger partial charge >= 0.3 is 0 Å². The number of benzene rings is 1. The Kier molecular flexibility index (Phi) is 8.98. The largest absolute Gasteiger partial charge is 0.493 e. The number of hydrazone groups is 1. The van der Waals surface area contributed by atoms with Crippen molar-refractivity contribution >= 4 is 23.5 Å². The minimum Gasteiger partial charge on any atom is -0.493 e. The van der Waals surface area contributed by atoms with Gasteiger partial charge in [0, 0.05) is 7.05 Å². The molecule has 0 aliphatic carbocycles. The molecule has 0 atom stereocenters. The van der Waals surface area contributed by atoms with Crippen LogP contribution in [0.3, 0.4) is 0 Å². The fourth-order valence-corrected chi connectivity index (χ4v) is 1.87. The topological polar surface area (TPSA) is 54.9 Å². The number of rotatable bonds is 9. The van der Waals surface area contributed by atoms with Crippen LogP contribution in [0.15, 0.2) is 23.3 Å². The lowest BCUT2D eigenvalue weighted by atomic mass is 10.2. The summed E-state index contributed by atoms with van der Waals surface area (Å²) in [5, 5.41) is 7.29. The molecule has 0 aliphatic rings. The first-order valence-electron chi connectivity index (χ1n) is 7.52. The van der Waals surface area contributed by atoms with E-state index >= 15 is 0 Å². The van der Waals surface area contributed by atoms with Crippen molar-refractivity contribution in [3.05, 3.63) is 23.8 Å². The third kappa shape index (κ3) is 6.76. The van der Waals surface area contributed by atoms with E-state index in [9.17, 15) is 0 Å². The van der Waals surface area contributed by atoms with E-state index < -0.39 is 0 Å². The molecule has 0 unspecified atom stereocenters.